The fourth-order valence-electron chi connectivity index (χ4n) is 3.82. The second-order valence-electron chi connectivity index (χ2n) is 7.19. The number of halogens is 1. The predicted octanol–water partition coefficient (Wildman–Crippen LogP) is 3.31. The molecule has 9 nitrogen and oxygen atoms in total. The van der Waals surface area contributed by atoms with Crippen LogP contribution in [0.5, 0.6) is 5.75 Å². The molecule has 2 aliphatic heterocycles. The van der Waals surface area contributed by atoms with Crippen LogP contribution in [0.1, 0.15) is 24.8 Å². The zero-order valence-electron chi connectivity index (χ0n) is 16.1. The fourth-order valence-corrected chi connectivity index (χ4v) is 4.08. The Hall–Kier alpha value is -2.81. The van der Waals surface area contributed by atoms with Crippen LogP contribution >= 0.6 is 11.6 Å². The van der Waals surface area contributed by atoms with E-state index in [1.165, 1.54) is 11.2 Å². The SMILES string of the molecule is Cc1ccnc(Cl)c1Nc1ncnc2c1OCCCN2C1CCN(C(=O)O)CC1. The van der Waals surface area contributed by atoms with Crippen LogP contribution in [-0.2, 0) is 0 Å². The molecule has 154 valence electrons. The van der Waals surface area contributed by atoms with E-state index < -0.39 is 6.09 Å². The van der Waals surface area contributed by atoms with Gasteiger partial charge in [0.25, 0.3) is 0 Å². The van der Waals surface area contributed by atoms with Crippen LogP contribution in [0.4, 0.5) is 22.1 Å². The van der Waals surface area contributed by atoms with E-state index in [0.29, 0.717) is 42.1 Å². The largest absolute Gasteiger partial charge is 0.486 e. The van der Waals surface area contributed by atoms with Gasteiger partial charge in [-0.05, 0) is 37.8 Å². The summed E-state index contributed by atoms with van der Waals surface area (Å²) in [6.07, 6.45) is 4.67. The Kier molecular flexibility index (Phi) is 5.57. The highest BCUT2D eigenvalue weighted by Crippen LogP contribution is 2.39. The summed E-state index contributed by atoms with van der Waals surface area (Å²) in [4.78, 5) is 27.9. The third kappa shape index (κ3) is 4.00. The van der Waals surface area contributed by atoms with Gasteiger partial charge in [0, 0.05) is 31.9 Å². The van der Waals surface area contributed by atoms with Gasteiger partial charge in [0.05, 0.1) is 12.3 Å². The molecule has 0 aliphatic carbocycles. The molecule has 0 radical (unpaired) electrons. The van der Waals surface area contributed by atoms with Gasteiger partial charge in [-0.1, -0.05) is 11.6 Å². The van der Waals surface area contributed by atoms with E-state index in [2.05, 4.69) is 25.2 Å². The molecular weight excluding hydrogens is 396 g/mol. The van der Waals surface area contributed by atoms with E-state index in [0.717, 1.165) is 37.2 Å². The minimum Gasteiger partial charge on any atom is -0.486 e. The van der Waals surface area contributed by atoms with Crippen molar-refractivity contribution in [3.63, 3.8) is 0 Å². The number of aryl methyl sites for hydroxylation is 1. The molecule has 10 heteroatoms. The van der Waals surface area contributed by atoms with Gasteiger partial charge in [-0.15, -0.1) is 0 Å². The van der Waals surface area contributed by atoms with E-state index in [1.54, 1.807) is 6.20 Å². The maximum atomic E-state index is 11.2. The zero-order valence-corrected chi connectivity index (χ0v) is 16.9. The first kappa shape index (κ1) is 19.5. The molecule has 2 N–H and O–H groups in total. The number of nitrogens with zero attached hydrogens (tertiary/aromatic N) is 5. The Labute approximate surface area is 173 Å². The molecule has 4 rings (SSSR count). The topological polar surface area (TPSA) is 104 Å². The lowest BCUT2D eigenvalue weighted by Gasteiger charge is -2.37. The first-order valence-corrected chi connectivity index (χ1v) is 10.0. The lowest BCUT2D eigenvalue weighted by molar-refractivity contribution is 0.131. The molecule has 0 saturated carbocycles. The van der Waals surface area contributed by atoms with Gasteiger partial charge in [0.2, 0.25) is 5.75 Å². The summed E-state index contributed by atoms with van der Waals surface area (Å²) in [5.41, 5.74) is 1.63. The van der Waals surface area contributed by atoms with Crippen molar-refractivity contribution in [2.45, 2.75) is 32.2 Å². The van der Waals surface area contributed by atoms with E-state index in [1.807, 2.05) is 13.0 Å². The minimum atomic E-state index is -0.861. The standard InChI is InChI=1S/C19H23ClN6O3/c1-12-3-6-21-16(20)14(12)24-17-15-18(23-11-22-17)26(7-2-10-29-15)13-4-8-25(9-5-13)19(27)28/h3,6,11,13H,2,4-5,7-10H2,1H3,(H,27,28)(H,22,23,24). The van der Waals surface area contributed by atoms with Crippen molar-refractivity contribution >= 4 is 35.0 Å². The summed E-state index contributed by atoms with van der Waals surface area (Å²) in [6, 6.07) is 2.08. The maximum absolute atomic E-state index is 11.2. The monoisotopic (exact) mass is 418 g/mol. The van der Waals surface area contributed by atoms with Crippen molar-refractivity contribution in [3.05, 3.63) is 29.3 Å². The molecule has 2 aliphatic rings. The number of fused-ring (bicyclic) bond motifs is 1. The Morgan fingerprint density at radius 2 is 2.07 bits per heavy atom. The average molecular weight is 419 g/mol. The van der Waals surface area contributed by atoms with Gasteiger partial charge >= 0.3 is 6.09 Å². The quantitative estimate of drug-likeness (QED) is 0.731. The lowest BCUT2D eigenvalue weighted by atomic mass is 10.0. The van der Waals surface area contributed by atoms with Crippen molar-refractivity contribution in [1.29, 1.82) is 0 Å². The van der Waals surface area contributed by atoms with Gasteiger partial charge in [-0.2, -0.15) is 0 Å². The molecule has 0 aromatic carbocycles. The first-order valence-electron chi connectivity index (χ1n) is 9.65. The number of ether oxygens (including phenoxy) is 1. The molecule has 0 atom stereocenters. The van der Waals surface area contributed by atoms with Gasteiger partial charge in [-0.25, -0.2) is 19.7 Å². The molecule has 1 amide bonds. The number of carbonyl (C=O) groups is 1. The molecular formula is C19H23ClN6O3. The van der Waals surface area contributed by atoms with E-state index in [-0.39, 0.29) is 6.04 Å². The third-order valence-electron chi connectivity index (χ3n) is 5.38. The van der Waals surface area contributed by atoms with Crippen LogP contribution in [0, 0.1) is 6.92 Å². The first-order chi connectivity index (χ1) is 14.0. The summed E-state index contributed by atoms with van der Waals surface area (Å²) in [5.74, 6) is 1.86. The van der Waals surface area contributed by atoms with Gasteiger partial charge < -0.3 is 25.0 Å². The molecule has 2 aromatic rings. The zero-order chi connectivity index (χ0) is 20.4. The number of amides is 1. The van der Waals surface area contributed by atoms with Gasteiger partial charge in [0.15, 0.2) is 16.8 Å². The van der Waals surface area contributed by atoms with Gasteiger partial charge in [0.1, 0.15) is 6.33 Å². The van der Waals surface area contributed by atoms with E-state index >= 15 is 0 Å². The second-order valence-corrected chi connectivity index (χ2v) is 7.55. The van der Waals surface area contributed by atoms with Crippen molar-refractivity contribution in [2.24, 2.45) is 0 Å². The molecule has 1 saturated heterocycles. The molecule has 2 aromatic heterocycles. The number of likely N-dealkylation sites (tertiary alicyclic amines) is 1. The normalized spacial score (nSPS) is 17.3. The van der Waals surface area contributed by atoms with Gasteiger partial charge in [-0.3, -0.25) is 0 Å². The van der Waals surface area contributed by atoms with Crippen LogP contribution in [0.3, 0.4) is 0 Å². The van der Waals surface area contributed by atoms with Crippen molar-refractivity contribution < 1.29 is 14.6 Å². The summed E-state index contributed by atoms with van der Waals surface area (Å²) in [5, 5.41) is 12.8. The molecule has 1 fully saturated rings. The summed E-state index contributed by atoms with van der Waals surface area (Å²) in [6.45, 7) is 4.34. The van der Waals surface area contributed by atoms with Crippen molar-refractivity contribution in [2.75, 3.05) is 36.5 Å². The van der Waals surface area contributed by atoms with Crippen LogP contribution in [-0.4, -0.2) is 63.3 Å². The number of rotatable bonds is 3. The second kappa shape index (κ2) is 8.28. The molecule has 29 heavy (non-hydrogen) atoms. The van der Waals surface area contributed by atoms with Crippen LogP contribution in [0.15, 0.2) is 18.6 Å². The van der Waals surface area contributed by atoms with Crippen LogP contribution in [0.25, 0.3) is 0 Å². The van der Waals surface area contributed by atoms with E-state index in [9.17, 15) is 9.90 Å². The molecule has 4 heterocycles. The number of pyridine rings is 1. The minimum absolute atomic E-state index is 0.206. The number of carboxylic acid groups (broad SMARTS) is 1. The van der Waals surface area contributed by atoms with Crippen molar-refractivity contribution in [3.8, 4) is 5.75 Å². The number of anilines is 3. The van der Waals surface area contributed by atoms with Crippen molar-refractivity contribution in [1.82, 2.24) is 19.9 Å². The summed E-state index contributed by atoms with van der Waals surface area (Å²) < 4.78 is 6.01. The molecule has 0 unspecified atom stereocenters. The highest BCUT2D eigenvalue weighted by molar-refractivity contribution is 6.32. The Bertz CT molecular complexity index is 883. The van der Waals surface area contributed by atoms with Crippen LogP contribution < -0.4 is 15.0 Å². The average Bonchev–Trinajstić information content (AvgIpc) is 2.94. The highest BCUT2D eigenvalue weighted by atomic mass is 35.5. The van der Waals surface area contributed by atoms with E-state index in [4.69, 9.17) is 16.3 Å². The number of piperidine rings is 1. The number of aromatic nitrogens is 3. The Balaban J connectivity index is 1.62. The Morgan fingerprint density at radius 3 is 2.79 bits per heavy atom. The third-order valence-corrected chi connectivity index (χ3v) is 5.67. The number of hydrogen-bond acceptors (Lipinski definition) is 7. The fraction of sp³-hybridized carbons (Fsp3) is 0.474. The summed E-state index contributed by atoms with van der Waals surface area (Å²) >= 11 is 6.26. The maximum Gasteiger partial charge on any atom is 0.407 e. The lowest BCUT2D eigenvalue weighted by Crippen LogP contribution is -2.47. The Morgan fingerprint density at radius 1 is 1.28 bits per heavy atom. The highest BCUT2D eigenvalue weighted by Gasteiger charge is 2.31. The smallest absolute Gasteiger partial charge is 0.407 e. The predicted molar refractivity (Wildman–Crippen MR) is 109 cm³/mol. The molecule has 0 bridgehead atoms. The van der Waals surface area contributed by atoms with Crippen LogP contribution in [0.2, 0.25) is 5.15 Å². The summed E-state index contributed by atoms with van der Waals surface area (Å²) in [7, 11) is 0. The molecule has 0 spiro atoms. The number of nitrogens with one attached hydrogen (secondary N) is 1. The number of hydrogen-bond donors (Lipinski definition) is 2.